The van der Waals surface area contributed by atoms with Gasteiger partial charge in [0, 0.05) is 0 Å². The summed E-state index contributed by atoms with van der Waals surface area (Å²) in [5.41, 5.74) is 0. The van der Waals surface area contributed by atoms with Crippen LogP contribution in [0.1, 0.15) is 0 Å². The molecule has 5 heavy (non-hydrogen) atoms. The second kappa shape index (κ2) is 3.81. The normalized spacial score (nSPS) is 5.40. The Kier molecular flexibility index (Phi) is 6.75. The Bertz CT molecular complexity index is 11.6. The Morgan fingerprint density at radius 2 is 1.00 bits per heavy atom. The first kappa shape index (κ1) is 8.84. The fraction of sp³-hybridized carbons (Fsp3) is 0. The summed E-state index contributed by atoms with van der Waals surface area (Å²) in [4.78, 5) is 0. The highest BCUT2D eigenvalue weighted by Crippen LogP contribution is 1.80. The summed E-state index contributed by atoms with van der Waals surface area (Å²) in [5, 5.41) is 0. The number of halogens is 3. The van der Waals surface area contributed by atoms with Crippen LogP contribution in [-0.2, 0) is 0 Å². The third-order valence-corrected chi connectivity index (χ3v) is 0. The maximum atomic E-state index is 9.67. The largest absolute Gasteiger partial charge is 0.762 e. The molecule has 0 aromatic carbocycles. The zero-order valence-corrected chi connectivity index (χ0v) is 2.21. The van der Waals surface area contributed by atoms with Crippen molar-refractivity contribution in [2.24, 2.45) is 0 Å². The maximum Gasteiger partial charge on any atom is 0.762 e. The standard InChI is InChI=1S/BF3.H2O/c2-1(3)4;/h;1H2. The SMILES string of the molecule is FB(F)F.O. The first-order valence-electron chi connectivity index (χ1n) is 0.655. The van der Waals surface area contributed by atoms with Crippen LogP contribution in [-0.4, -0.2) is 13.0 Å². The van der Waals surface area contributed by atoms with Crippen LogP contribution < -0.4 is 0 Å². The first-order chi connectivity index (χ1) is 1.73. The van der Waals surface area contributed by atoms with Gasteiger partial charge in [-0.2, -0.15) is 0 Å². The Labute approximate surface area is 27.3 Å². The van der Waals surface area contributed by atoms with Crippen molar-refractivity contribution in [3.05, 3.63) is 0 Å². The summed E-state index contributed by atoms with van der Waals surface area (Å²) in [7, 11) is -3.67. The summed E-state index contributed by atoms with van der Waals surface area (Å²) < 4.78 is 29.0. The van der Waals surface area contributed by atoms with Gasteiger partial charge in [-0.3, -0.25) is 12.9 Å². The minimum Gasteiger partial charge on any atom is -0.412 e. The molecular formula is H2BF3O. The van der Waals surface area contributed by atoms with E-state index < -0.39 is 7.54 Å². The lowest BCUT2D eigenvalue weighted by Crippen LogP contribution is -1.76. The van der Waals surface area contributed by atoms with Gasteiger partial charge in [0.1, 0.15) is 0 Å². The smallest absolute Gasteiger partial charge is 0.412 e. The number of hydrogen-bond acceptors (Lipinski definition) is 0. The van der Waals surface area contributed by atoms with Gasteiger partial charge < -0.3 is 5.48 Å². The van der Waals surface area contributed by atoms with Crippen LogP contribution in [0.3, 0.4) is 0 Å². The molecule has 0 bridgehead atoms. The highest BCUT2D eigenvalue weighted by Gasteiger charge is 2.06. The average Bonchev–Trinajstić information content (AvgIpc) is 0.811. The van der Waals surface area contributed by atoms with E-state index in [1.807, 2.05) is 0 Å². The van der Waals surface area contributed by atoms with Crippen molar-refractivity contribution in [3.63, 3.8) is 0 Å². The molecule has 0 saturated heterocycles. The molecule has 0 spiro atoms. The molecule has 5 heteroatoms. The molecule has 0 aliphatic carbocycles. The van der Waals surface area contributed by atoms with Gasteiger partial charge in [0.05, 0.1) is 0 Å². The second-order valence-corrected chi connectivity index (χ2v) is 0.247. The highest BCUT2D eigenvalue weighted by molar-refractivity contribution is 6.33. The van der Waals surface area contributed by atoms with Crippen LogP contribution in [0.25, 0.3) is 0 Å². The molecule has 0 radical (unpaired) electrons. The average molecular weight is 85.8 g/mol. The van der Waals surface area contributed by atoms with Crippen LogP contribution >= 0.6 is 0 Å². The lowest BCUT2D eigenvalue weighted by Gasteiger charge is -1.55. The summed E-state index contributed by atoms with van der Waals surface area (Å²) in [5.74, 6) is 0. The van der Waals surface area contributed by atoms with E-state index in [1.165, 1.54) is 0 Å². The van der Waals surface area contributed by atoms with E-state index in [2.05, 4.69) is 0 Å². The van der Waals surface area contributed by atoms with Crippen LogP contribution in [0.5, 0.6) is 0 Å². The minimum absolute atomic E-state index is 0. The van der Waals surface area contributed by atoms with Crippen molar-refractivity contribution >= 4 is 7.54 Å². The van der Waals surface area contributed by atoms with E-state index >= 15 is 0 Å². The Morgan fingerprint density at radius 3 is 1.00 bits per heavy atom. The summed E-state index contributed by atoms with van der Waals surface area (Å²) >= 11 is 0. The minimum atomic E-state index is -3.67. The van der Waals surface area contributed by atoms with Gasteiger partial charge >= 0.3 is 7.54 Å². The molecule has 0 atom stereocenters. The van der Waals surface area contributed by atoms with E-state index in [0.29, 0.717) is 0 Å². The molecule has 2 N–H and O–H groups in total. The van der Waals surface area contributed by atoms with Gasteiger partial charge in [0.25, 0.3) is 0 Å². The van der Waals surface area contributed by atoms with Gasteiger partial charge in [0.15, 0.2) is 0 Å². The molecule has 0 rings (SSSR count). The molecule has 0 aliphatic heterocycles. The van der Waals surface area contributed by atoms with Crippen LogP contribution in [0.4, 0.5) is 12.9 Å². The fourth-order valence-corrected chi connectivity index (χ4v) is 0. The van der Waals surface area contributed by atoms with Crippen molar-refractivity contribution in [2.75, 3.05) is 0 Å². The molecule has 1 nitrogen and oxygen atoms in total. The van der Waals surface area contributed by atoms with Gasteiger partial charge in [-0.05, 0) is 0 Å². The van der Waals surface area contributed by atoms with E-state index in [0.717, 1.165) is 0 Å². The topological polar surface area (TPSA) is 31.5 Å². The summed E-state index contributed by atoms with van der Waals surface area (Å²) in [6.07, 6.45) is 0. The predicted molar refractivity (Wildman–Crippen MR) is 12.7 cm³/mol. The van der Waals surface area contributed by atoms with E-state index in [4.69, 9.17) is 0 Å². The molecule has 0 aromatic rings. The lowest BCUT2D eigenvalue weighted by molar-refractivity contribution is 0.535. The first-order valence-corrected chi connectivity index (χ1v) is 0.655. The molecule has 0 saturated carbocycles. The maximum absolute atomic E-state index is 9.67. The second-order valence-electron chi connectivity index (χ2n) is 0.247. The van der Waals surface area contributed by atoms with Crippen molar-refractivity contribution < 1.29 is 18.4 Å². The summed E-state index contributed by atoms with van der Waals surface area (Å²) in [6.45, 7) is 0. The van der Waals surface area contributed by atoms with E-state index in [1.54, 1.807) is 0 Å². The number of rotatable bonds is 0. The Morgan fingerprint density at radius 1 is 1.00 bits per heavy atom. The third-order valence-electron chi connectivity index (χ3n) is 0. The number of hydrogen-bond donors (Lipinski definition) is 0. The monoisotopic (exact) mass is 86.0 g/mol. The third kappa shape index (κ3) is 367. The van der Waals surface area contributed by atoms with Crippen molar-refractivity contribution in [2.45, 2.75) is 0 Å². The Hall–Kier alpha value is -0.185. The predicted octanol–water partition coefficient (Wildman–Crippen LogP) is 0.0551. The zero-order chi connectivity index (χ0) is 3.58. The van der Waals surface area contributed by atoms with Crippen molar-refractivity contribution in [1.82, 2.24) is 0 Å². The molecule has 0 unspecified atom stereocenters. The van der Waals surface area contributed by atoms with Crippen LogP contribution in [0, 0.1) is 0 Å². The lowest BCUT2D eigenvalue weighted by atomic mass is 10.5. The fourth-order valence-electron chi connectivity index (χ4n) is 0. The molecule has 0 fully saturated rings. The van der Waals surface area contributed by atoms with Crippen molar-refractivity contribution in [3.8, 4) is 0 Å². The molecule has 0 heterocycles. The molecule has 32 valence electrons. The van der Waals surface area contributed by atoms with Gasteiger partial charge in [-0.1, -0.05) is 0 Å². The molecule has 0 amide bonds. The van der Waals surface area contributed by atoms with E-state index in [9.17, 15) is 12.9 Å². The van der Waals surface area contributed by atoms with E-state index in [-0.39, 0.29) is 5.48 Å². The zero-order valence-electron chi connectivity index (χ0n) is 2.21. The van der Waals surface area contributed by atoms with Gasteiger partial charge in [0.2, 0.25) is 0 Å². The van der Waals surface area contributed by atoms with Crippen LogP contribution in [0.15, 0.2) is 0 Å². The summed E-state index contributed by atoms with van der Waals surface area (Å²) in [6, 6.07) is 0. The quantitative estimate of drug-likeness (QED) is 0.373. The molecule has 0 aliphatic rings. The van der Waals surface area contributed by atoms with Gasteiger partial charge in [-0.15, -0.1) is 0 Å². The Balaban J connectivity index is 0. The molecule has 0 aromatic heterocycles. The van der Waals surface area contributed by atoms with Gasteiger partial charge in [-0.25, -0.2) is 0 Å². The molecular weight excluding hydrogens is 83.8 g/mol. The highest BCUT2D eigenvalue weighted by atomic mass is 19.4. The van der Waals surface area contributed by atoms with Crippen molar-refractivity contribution in [1.29, 1.82) is 0 Å². The van der Waals surface area contributed by atoms with Crippen LogP contribution in [0.2, 0.25) is 0 Å².